The second kappa shape index (κ2) is 15.1. The fourth-order valence-corrected chi connectivity index (χ4v) is 3.86. The number of nitrogens with two attached hydrogens (primary N) is 1. The van der Waals surface area contributed by atoms with E-state index in [1.165, 1.54) is 6.92 Å². The van der Waals surface area contributed by atoms with Gasteiger partial charge in [0, 0.05) is 0 Å². The number of hydrogen-bond donors (Lipinski definition) is 13. The van der Waals surface area contributed by atoms with Gasteiger partial charge in [-0.3, -0.25) is 9.59 Å². The van der Waals surface area contributed by atoms with Gasteiger partial charge in [0.2, 0.25) is 0 Å². The lowest BCUT2D eigenvalue weighted by molar-refractivity contribution is -0.333. The Labute approximate surface area is 226 Å². The van der Waals surface area contributed by atoms with Crippen molar-refractivity contribution in [3.05, 3.63) is 0 Å². The molecule has 2 heterocycles. The van der Waals surface area contributed by atoms with Crippen molar-refractivity contribution < 1.29 is 84.7 Å². The van der Waals surface area contributed by atoms with E-state index in [1.807, 2.05) is 5.32 Å². The van der Waals surface area contributed by atoms with Gasteiger partial charge in [-0.05, 0) is 6.92 Å². The first kappa shape index (κ1) is 34.7. The number of ketones is 1. The van der Waals surface area contributed by atoms with Crippen LogP contribution in [0.1, 0.15) is 6.92 Å². The van der Waals surface area contributed by atoms with Gasteiger partial charge in [-0.15, -0.1) is 0 Å². The molecule has 0 aromatic rings. The van der Waals surface area contributed by atoms with Gasteiger partial charge in [-0.1, -0.05) is 0 Å². The number of ether oxygens (including phenoxy) is 4. The summed E-state index contributed by atoms with van der Waals surface area (Å²) in [5.74, 6) is -2.91. The predicted octanol–water partition coefficient (Wildman–Crippen LogP) is -8.94. The molecule has 0 saturated carbocycles. The molecule has 2 aliphatic rings. The first-order chi connectivity index (χ1) is 18.6. The van der Waals surface area contributed by atoms with Gasteiger partial charge in [0.1, 0.15) is 67.1 Å². The molecule has 2 fully saturated rings. The molecule has 1 amide bonds. The van der Waals surface area contributed by atoms with Crippen LogP contribution in [0.25, 0.3) is 0 Å². The number of amides is 1. The van der Waals surface area contributed by atoms with Crippen molar-refractivity contribution >= 4 is 11.7 Å². The number of aliphatic hydroxyl groups excluding tert-OH is 11. The van der Waals surface area contributed by atoms with E-state index in [9.17, 15) is 65.8 Å². The second-order valence-corrected chi connectivity index (χ2v) is 9.50. The lowest BCUT2D eigenvalue weighted by Crippen LogP contribution is -2.62. The monoisotopic (exact) mass is 590 g/mol. The fraction of sp³-hybridized carbons (Fsp3) is 0.905. The molecule has 15 atom stereocenters. The van der Waals surface area contributed by atoms with Crippen molar-refractivity contribution in [2.45, 2.75) is 98.9 Å². The van der Waals surface area contributed by atoms with E-state index in [0.29, 0.717) is 0 Å². The lowest BCUT2D eigenvalue weighted by atomic mass is 9.98. The van der Waals surface area contributed by atoms with Gasteiger partial charge in [-0.2, -0.15) is 0 Å². The zero-order chi connectivity index (χ0) is 30.5. The first-order valence-electron chi connectivity index (χ1n) is 12.2. The SMILES string of the molecule is CC(N)NC(=O)C(=O)[C@H](O)[C@@H](O)[C@H](O)[C@H](O)CO[C@H]1O[C@H](CO[C@H]2O[C@H](CO)[C@@H](O)[C@H](O)[C@H]2O)[C@@H](O)[C@H](O)[C@H]1O. The minimum absolute atomic E-state index is 0.658. The quantitative estimate of drug-likeness (QED) is 0.0699. The minimum atomic E-state index is -2.46. The van der Waals surface area contributed by atoms with E-state index in [2.05, 4.69) is 0 Å². The summed E-state index contributed by atoms with van der Waals surface area (Å²) in [6, 6.07) is 0. The van der Waals surface area contributed by atoms with E-state index < -0.39 is 124 Å². The standard InChI is InChI=1S/C21H38N2O17/c1-5(22)23-19(36)16(33)15(32)12(29)9(26)6(25)3-37-20-18(35)14(31)11(28)8(40-20)4-38-21-17(34)13(30)10(27)7(2-24)39-21/h5-15,17-18,20-21,24-32,34-35H,2-4,22H2,1H3,(H,23,36)/t5?,6-,7-,8-,9-,10-,11-,12+,13+,14+,15-,17-,18-,20+,21+/m1/s1. The van der Waals surface area contributed by atoms with Crippen molar-refractivity contribution in [2.24, 2.45) is 5.73 Å². The van der Waals surface area contributed by atoms with E-state index in [1.54, 1.807) is 0 Å². The molecule has 0 aromatic carbocycles. The second-order valence-electron chi connectivity index (χ2n) is 9.50. The highest BCUT2D eigenvalue weighted by Gasteiger charge is 2.48. The number of nitrogens with one attached hydrogen (secondary N) is 1. The summed E-state index contributed by atoms with van der Waals surface area (Å²) in [5.41, 5.74) is 5.30. The molecule has 19 nitrogen and oxygen atoms in total. The van der Waals surface area contributed by atoms with E-state index in [0.717, 1.165) is 0 Å². The number of aliphatic hydroxyl groups is 11. The third-order valence-electron chi connectivity index (χ3n) is 6.29. The van der Waals surface area contributed by atoms with Crippen LogP contribution in [0.5, 0.6) is 0 Å². The van der Waals surface area contributed by atoms with Gasteiger partial charge in [0.25, 0.3) is 11.7 Å². The van der Waals surface area contributed by atoms with Crippen molar-refractivity contribution in [1.29, 1.82) is 0 Å². The highest BCUT2D eigenvalue weighted by molar-refractivity contribution is 6.38. The molecule has 0 spiro atoms. The third kappa shape index (κ3) is 8.29. The molecule has 2 saturated heterocycles. The number of rotatable bonds is 13. The molecule has 0 aliphatic carbocycles. The summed E-state index contributed by atoms with van der Waals surface area (Å²) in [7, 11) is 0. The lowest BCUT2D eigenvalue weighted by Gasteiger charge is -2.42. The van der Waals surface area contributed by atoms with Crippen LogP contribution in [-0.2, 0) is 28.5 Å². The summed E-state index contributed by atoms with van der Waals surface area (Å²) in [6.45, 7) is -1.01. The van der Waals surface area contributed by atoms with Crippen LogP contribution in [0.2, 0.25) is 0 Å². The first-order valence-corrected chi connectivity index (χ1v) is 12.2. The molecule has 0 radical (unpaired) electrons. The molecule has 2 rings (SSSR count). The number of carbonyl (C=O) groups is 2. The van der Waals surface area contributed by atoms with Gasteiger partial charge >= 0.3 is 0 Å². The van der Waals surface area contributed by atoms with Crippen LogP contribution in [0.4, 0.5) is 0 Å². The fourth-order valence-electron chi connectivity index (χ4n) is 3.86. The van der Waals surface area contributed by atoms with Gasteiger partial charge in [0.15, 0.2) is 18.7 Å². The maximum absolute atomic E-state index is 11.9. The molecule has 234 valence electrons. The Morgan fingerprint density at radius 3 is 1.82 bits per heavy atom. The Balaban J connectivity index is 1.95. The van der Waals surface area contributed by atoms with E-state index in [4.69, 9.17) is 24.7 Å². The van der Waals surface area contributed by atoms with Gasteiger partial charge < -0.3 is 86.2 Å². The maximum Gasteiger partial charge on any atom is 0.291 e. The summed E-state index contributed by atoms with van der Waals surface area (Å²) in [6.07, 6.45) is -27.1. The van der Waals surface area contributed by atoms with E-state index >= 15 is 0 Å². The highest BCUT2D eigenvalue weighted by atomic mass is 16.7. The maximum atomic E-state index is 11.9. The van der Waals surface area contributed by atoms with Crippen LogP contribution in [-0.4, -0.2) is 180 Å². The topological polar surface area (TPSA) is 332 Å². The van der Waals surface area contributed by atoms with E-state index in [-0.39, 0.29) is 0 Å². The van der Waals surface area contributed by atoms with Crippen LogP contribution in [0.3, 0.4) is 0 Å². The van der Waals surface area contributed by atoms with Gasteiger partial charge in [-0.25, -0.2) is 0 Å². The molecule has 0 bridgehead atoms. The number of Topliss-reactive ketones (excluding diaryl/α,β-unsaturated/α-hetero) is 1. The average Bonchev–Trinajstić information content (AvgIpc) is 2.92. The van der Waals surface area contributed by atoms with Crippen LogP contribution >= 0.6 is 0 Å². The average molecular weight is 591 g/mol. The normalized spacial score (nSPS) is 38.6. The molecule has 40 heavy (non-hydrogen) atoms. The Morgan fingerprint density at radius 1 is 0.800 bits per heavy atom. The zero-order valence-electron chi connectivity index (χ0n) is 21.2. The highest BCUT2D eigenvalue weighted by Crippen LogP contribution is 2.26. The third-order valence-corrected chi connectivity index (χ3v) is 6.29. The summed E-state index contributed by atoms with van der Waals surface area (Å²) >= 11 is 0. The predicted molar refractivity (Wildman–Crippen MR) is 123 cm³/mol. The Kier molecular flexibility index (Phi) is 13.1. The largest absolute Gasteiger partial charge is 0.394 e. The number of carbonyl (C=O) groups excluding carboxylic acids is 2. The summed E-state index contributed by atoms with van der Waals surface area (Å²) < 4.78 is 20.9. The summed E-state index contributed by atoms with van der Waals surface area (Å²) in [4.78, 5) is 23.5. The van der Waals surface area contributed by atoms with Crippen LogP contribution in [0.15, 0.2) is 0 Å². The molecule has 19 heteroatoms. The zero-order valence-corrected chi connectivity index (χ0v) is 21.2. The van der Waals surface area contributed by atoms with Crippen LogP contribution < -0.4 is 11.1 Å². The van der Waals surface area contributed by atoms with Crippen LogP contribution in [0, 0.1) is 0 Å². The van der Waals surface area contributed by atoms with Gasteiger partial charge in [0.05, 0.1) is 26.0 Å². The van der Waals surface area contributed by atoms with Crippen molar-refractivity contribution in [2.75, 3.05) is 19.8 Å². The molecule has 0 aromatic heterocycles. The molecular formula is C21H38N2O17. The Bertz CT molecular complexity index is 820. The molecule has 14 N–H and O–H groups in total. The molecular weight excluding hydrogens is 552 g/mol. The number of hydrogen-bond acceptors (Lipinski definition) is 18. The molecule has 1 unspecified atom stereocenters. The van der Waals surface area contributed by atoms with Crippen molar-refractivity contribution in [3.8, 4) is 0 Å². The smallest absolute Gasteiger partial charge is 0.291 e. The Morgan fingerprint density at radius 2 is 1.30 bits per heavy atom. The minimum Gasteiger partial charge on any atom is -0.394 e. The summed E-state index contributed by atoms with van der Waals surface area (Å²) in [5, 5.41) is 112. The molecule has 2 aliphatic heterocycles. The van der Waals surface area contributed by atoms with Crippen molar-refractivity contribution in [1.82, 2.24) is 5.32 Å². The Hall–Kier alpha value is -1.50. The van der Waals surface area contributed by atoms with Crippen molar-refractivity contribution in [3.63, 3.8) is 0 Å².